The Morgan fingerprint density at radius 3 is 2.00 bits per heavy atom. The van der Waals surface area contributed by atoms with Crippen LogP contribution in [0.25, 0.3) is 10.4 Å². The fraction of sp³-hybridized carbons (Fsp3) is 1.00. The van der Waals surface area contributed by atoms with Crippen molar-refractivity contribution in [2.45, 2.75) is 70.8 Å². The lowest BCUT2D eigenvalue weighted by molar-refractivity contribution is 0.572. The Labute approximate surface area is 96.2 Å². The van der Waals surface area contributed by atoms with Crippen molar-refractivity contribution in [2.75, 3.05) is 0 Å². The van der Waals surface area contributed by atoms with Crippen molar-refractivity contribution in [3.05, 3.63) is 10.4 Å². The van der Waals surface area contributed by atoms with Gasteiger partial charge in [-0.05, 0) is 10.4 Å². The van der Waals surface area contributed by atoms with Crippen LogP contribution < -0.4 is 0 Å². The van der Waals surface area contributed by atoms with E-state index in [4.69, 9.17) is 5.53 Å². The first-order valence-electron chi connectivity index (χ1n) is 6.42. The van der Waals surface area contributed by atoms with Crippen LogP contribution in [0.5, 0.6) is 0 Å². The minimum Gasteiger partial charge on any atom is -0.132 e. The summed E-state index contributed by atoms with van der Waals surface area (Å²) < 4.78 is 3.66. The van der Waals surface area contributed by atoms with Gasteiger partial charge in [0.05, 0.1) is 0 Å². The topological polar surface area (TPSA) is 48.8 Å². The Kier molecular flexibility index (Phi) is 13.1. The second kappa shape index (κ2) is 13.5. The van der Waals surface area contributed by atoms with Crippen LogP contribution >= 0.6 is 0 Å². The Hall–Kier alpha value is -0.473. The molecule has 0 saturated heterocycles. The summed E-state index contributed by atoms with van der Waals surface area (Å²) in [7, 11) is -0.431. The lowest BCUT2D eigenvalue weighted by Crippen LogP contribution is -1.84. The maximum absolute atomic E-state index is 8.10. The van der Waals surface area contributed by atoms with Gasteiger partial charge in [-0.25, -0.2) is 0 Å². The van der Waals surface area contributed by atoms with Crippen molar-refractivity contribution in [2.24, 2.45) is 4.78 Å². The van der Waals surface area contributed by atoms with Crippen molar-refractivity contribution in [1.29, 1.82) is 0 Å². The third-order valence-corrected chi connectivity index (χ3v) is 3.82. The summed E-state index contributed by atoms with van der Waals surface area (Å²) >= 11 is 0. The molecule has 0 spiro atoms. The molecule has 0 atom stereocenters. The highest BCUT2D eigenvalue weighted by molar-refractivity contribution is 6.32. The van der Waals surface area contributed by atoms with Crippen LogP contribution in [-0.4, -0.2) is 9.68 Å². The molecule has 15 heavy (non-hydrogen) atoms. The lowest BCUT2D eigenvalue weighted by atomic mass is 10.1. The molecular formula is C11H25N3Si. The van der Waals surface area contributed by atoms with Gasteiger partial charge in [0.2, 0.25) is 0 Å². The van der Waals surface area contributed by atoms with Crippen molar-refractivity contribution in [1.82, 2.24) is 0 Å². The van der Waals surface area contributed by atoms with E-state index in [1.165, 1.54) is 63.8 Å². The summed E-state index contributed by atoms with van der Waals surface area (Å²) in [6.07, 6.45) is 12.4. The van der Waals surface area contributed by atoms with E-state index in [1.54, 1.807) is 0 Å². The molecule has 0 unspecified atom stereocenters. The number of unbranched alkanes of at least 4 members (excludes halogenated alkanes) is 8. The molecule has 3 nitrogen and oxygen atoms in total. The van der Waals surface area contributed by atoms with Gasteiger partial charge in [0.15, 0.2) is 0 Å². The van der Waals surface area contributed by atoms with E-state index in [0.29, 0.717) is 0 Å². The van der Waals surface area contributed by atoms with E-state index in [1.807, 2.05) is 0 Å². The molecule has 88 valence electrons. The van der Waals surface area contributed by atoms with Gasteiger partial charge < -0.3 is 0 Å². The minimum absolute atomic E-state index is 0.431. The Balaban J connectivity index is 2.89. The van der Waals surface area contributed by atoms with E-state index >= 15 is 0 Å². The van der Waals surface area contributed by atoms with E-state index < -0.39 is 9.68 Å². The van der Waals surface area contributed by atoms with Crippen LogP contribution in [0.1, 0.15) is 64.7 Å². The number of hydrogen-bond acceptors (Lipinski definition) is 1. The van der Waals surface area contributed by atoms with E-state index in [0.717, 1.165) is 0 Å². The van der Waals surface area contributed by atoms with Gasteiger partial charge >= 0.3 is 0 Å². The maximum atomic E-state index is 8.10. The summed E-state index contributed by atoms with van der Waals surface area (Å²) in [5.74, 6) is 0. The number of nitrogens with zero attached hydrogens (tertiary/aromatic N) is 3. The zero-order valence-corrected chi connectivity index (χ0v) is 11.5. The summed E-state index contributed by atoms with van der Waals surface area (Å²) in [4.78, 5) is 2.80. The van der Waals surface area contributed by atoms with Crippen molar-refractivity contribution in [3.8, 4) is 0 Å². The number of rotatable bonds is 11. The average molecular weight is 227 g/mol. The summed E-state index contributed by atoms with van der Waals surface area (Å²) in [6.45, 7) is 2.26. The van der Waals surface area contributed by atoms with Crippen LogP contribution in [0.2, 0.25) is 6.04 Å². The average Bonchev–Trinajstić information content (AvgIpc) is 2.26. The van der Waals surface area contributed by atoms with Gasteiger partial charge in [-0.3, -0.25) is 0 Å². The predicted molar refractivity (Wildman–Crippen MR) is 69.7 cm³/mol. The molecule has 0 aromatic rings. The van der Waals surface area contributed by atoms with Crippen LogP contribution in [0.3, 0.4) is 0 Å². The molecule has 0 heterocycles. The van der Waals surface area contributed by atoms with Crippen LogP contribution in [-0.2, 0) is 0 Å². The first-order valence-corrected chi connectivity index (χ1v) is 8.06. The molecule has 4 heteroatoms. The van der Waals surface area contributed by atoms with Crippen LogP contribution in [0, 0.1) is 0 Å². The quantitative estimate of drug-likeness (QED) is 0.166. The molecular weight excluding hydrogens is 202 g/mol. The van der Waals surface area contributed by atoms with Gasteiger partial charge in [-0.15, -0.1) is 4.78 Å². The minimum atomic E-state index is -0.431. The normalized spacial score (nSPS) is 10.7. The molecule has 0 amide bonds. The molecule has 0 N–H and O–H groups in total. The Morgan fingerprint density at radius 2 is 1.47 bits per heavy atom. The highest BCUT2D eigenvalue weighted by atomic mass is 28.2. The van der Waals surface area contributed by atoms with Crippen molar-refractivity contribution >= 4 is 9.68 Å². The summed E-state index contributed by atoms with van der Waals surface area (Å²) in [5.41, 5.74) is 8.10. The Bertz CT molecular complexity index is 167. The SMILES string of the molecule is CCCCCCCCCCC[SiH2]N=[N+]=[N-]. The van der Waals surface area contributed by atoms with E-state index in [-0.39, 0.29) is 0 Å². The van der Waals surface area contributed by atoms with Gasteiger partial charge in [0.1, 0.15) is 9.68 Å². The first kappa shape index (κ1) is 14.5. The van der Waals surface area contributed by atoms with Gasteiger partial charge in [-0.2, -0.15) is 0 Å². The van der Waals surface area contributed by atoms with Gasteiger partial charge in [0.25, 0.3) is 0 Å². The molecule has 0 saturated carbocycles. The molecule has 0 aromatic heterocycles. The fourth-order valence-electron chi connectivity index (χ4n) is 1.71. The van der Waals surface area contributed by atoms with E-state index in [9.17, 15) is 0 Å². The van der Waals surface area contributed by atoms with Crippen molar-refractivity contribution in [3.63, 3.8) is 0 Å². The highest BCUT2D eigenvalue weighted by Crippen LogP contribution is 2.10. The number of hydrogen-bond donors (Lipinski definition) is 0. The number of azide groups is 1. The summed E-state index contributed by atoms with van der Waals surface area (Å²) in [5, 5.41) is 0. The highest BCUT2D eigenvalue weighted by Gasteiger charge is 1.91. The third-order valence-electron chi connectivity index (χ3n) is 2.67. The second-order valence-corrected chi connectivity index (χ2v) is 5.57. The molecule has 0 radical (unpaired) electrons. The smallest absolute Gasteiger partial charge is 0.124 e. The van der Waals surface area contributed by atoms with Gasteiger partial charge in [-0.1, -0.05) is 70.8 Å². The monoisotopic (exact) mass is 227 g/mol. The largest absolute Gasteiger partial charge is 0.132 e. The van der Waals surface area contributed by atoms with Crippen molar-refractivity contribution < 1.29 is 0 Å². The predicted octanol–water partition coefficient (Wildman–Crippen LogP) is 4.33. The molecule has 0 bridgehead atoms. The standard InChI is InChI=1S/C11H25N3Si/c1-2-3-4-5-6-7-8-9-10-11-15-14-13-12/h2-11,15H2,1H3. The second-order valence-electron chi connectivity index (χ2n) is 4.14. The zero-order valence-electron chi connectivity index (χ0n) is 10.1. The lowest BCUT2D eigenvalue weighted by Gasteiger charge is -2.00. The fourth-order valence-corrected chi connectivity index (χ4v) is 2.52. The third kappa shape index (κ3) is 13.5. The first-order chi connectivity index (χ1) is 7.41. The summed E-state index contributed by atoms with van der Waals surface area (Å²) in [6, 6.07) is 1.19. The molecule has 0 aliphatic rings. The Morgan fingerprint density at radius 1 is 0.933 bits per heavy atom. The van der Waals surface area contributed by atoms with Gasteiger partial charge in [0, 0.05) is 0 Å². The molecule has 0 aliphatic carbocycles. The molecule has 0 aliphatic heterocycles. The maximum Gasteiger partial charge on any atom is 0.124 e. The van der Waals surface area contributed by atoms with Crippen LogP contribution in [0.15, 0.2) is 4.78 Å². The molecule has 0 rings (SSSR count). The molecule has 0 aromatic carbocycles. The van der Waals surface area contributed by atoms with E-state index in [2.05, 4.69) is 16.6 Å². The molecule has 0 fully saturated rings. The zero-order chi connectivity index (χ0) is 11.2. The van der Waals surface area contributed by atoms with Crippen LogP contribution in [0.4, 0.5) is 0 Å².